The van der Waals surface area contributed by atoms with Crippen LogP contribution in [-0.2, 0) is 14.3 Å². The minimum atomic E-state index is -0.703. The molecule has 150 valence electrons. The minimum absolute atomic E-state index is 0.161. The third kappa shape index (κ3) is 5.13. The molecule has 0 spiro atoms. The molecule has 28 heavy (non-hydrogen) atoms. The molecule has 0 aliphatic carbocycles. The average molecular weight is 408 g/mol. The lowest BCUT2D eigenvalue weighted by Crippen LogP contribution is -2.21. The molecule has 0 saturated carbocycles. The van der Waals surface area contributed by atoms with Gasteiger partial charge in [-0.2, -0.15) is 0 Å². The van der Waals surface area contributed by atoms with Gasteiger partial charge >= 0.3 is 11.9 Å². The highest BCUT2D eigenvalue weighted by Gasteiger charge is 2.26. The maximum Gasteiger partial charge on any atom is 0.344 e. The van der Waals surface area contributed by atoms with Gasteiger partial charge in [-0.15, -0.1) is 0 Å². The second kappa shape index (κ2) is 9.41. The van der Waals surface area contributed by atoms with E-state index in [0.29, 0.717) is 22.2 Å². The number of benzene rings is 1. The van der Waals surface area contributed by atoms with Crippen LogP contribution < -0.4 is 4.74 Å². The summed E-state index contributed by atoms with van der Waals surface area (Å²) < 4.78 is 15.4. The van der Waals surface area contributed by atoms with Crippen LogP contribution in [0, 0.1) is 20.8 Å². The Morgan fingerprint density at radius 3 is 2.32 bits per heavy atom. The summed E-state index contributed by atoms with van der Waals surface area (Å²) in [5.41, 5.74) is 2.13. The van der Waals surface area contributed by atoms with Gasteiger partial charge in [0.05, 0.1) is 17.7 Å². The third-order valence-corrected chi connectivity index (χ3v) is 4.22. The van der Waals surface area contributed by atoms with Gasteiger partial charge in [0.25, 0.3) is 0 Å². The van der Waals surface area contributed by atoms with Crippen molar-refractivity contribution in [1.82, 2.24) is 4.98 Å². The summed E-state index contributed by atoms with van der Waals surface area (Å²) >= 11 is 5.87. The van der Waals surface area contributed by atoms with Crippen molar-refractivity contribution in [2.75, 3.05) is 19.8 Å². The van der Waals surface area contributed by atoms with Crippen LogP contribution in [-0.4, -0.2) is 42.5 Å². The SMILES string of the molecule is CCOC(=O)c1c(C)[nH]c(C)c1C(=O)COC(=O)COc1ccc(Cl)cc1C. The van der Waals surface area contributed by atoms with Crippen LogP contribution in [0.25, 0.3) is 0 Å². The lowest BCUT2D eigenvalue weighted by atomic mass is 10.1. The van der Waals surface area contributed by atoms with Crippen molar-refractivity contribution in [3.05, 3.63) is 51.3 Å². The van der Waals surface area contributed by atoms with Crippen molar-refractivity contribution in [2.24, 2.45) is 0 Å². The second-order valence-electron chi connectivity index (χ2n) is 6.13. The summed E-state index contributed by atoms with van der Waals surface area (Å²) in [7, 11) is 0. The fourth-order valence-corrected chi connectivity index (χ4v) is 2.99. The van der Waals surface area contributed by atoms with Gasteiger partial charge in [0.2, 0.25) is 5.78 Å². The Balaban J connectivity index is 1.98. The van der Waals surface area contributed by atoms with Crippen LogP contribution >= 0.6 is 11.6 Å². The molecule has 2 rings (SSSR count). The van der Waals surface area contributed by atoms with E-state index in [9.17, 15) is 14.4 Å². The molecule has 0 bridgehead atoms. The van der Waals surface area contributed by atoms with E-state index < -0.39 is 24.3 Å². The van der Waals surface area contributed by atoms with Crippen LogP contribution in [0.3, 0.4) is 0 Å². The van der Waals surface area contributed by atoms with Crippen molar-refractivity contribution in [3.8, 4) is 5.75 Å². The Morgan fingerprint density at radius 2 is 1.68 bits per heavy atom. The van der Waals surface area contributed by atoms with E-state index in [1.165, 1.54) is 0 Å². The van der Waals surface area contributed by atoms with Gasteiger partial charge in [0.15, 0.2) is 13.2 Å². The molecule has 0 aliphatic heterocycles. The monoisotopic (exact) mass is 407 g/mol. The van der Waals surface area contributed by atoms with Gasteiger partial charge in [-0.25, -0.2) is 9.59 Å². The fraction of sp³-hybridized carbons (Fsp3) is 0.350. The first-order valence-corrected chi connectivity index (χ1v) is 9.06. The lowest BCUT2D eigenvalue weighted by molar-refractivity contribution is -0.144. The number of ketones is 1. The van der Waals surface area contributed by atoms with Gasteiger partial charge in [-0.1, -0.05) is 11.6 Å². The number of carbonyl (C=O) groups excluding carboxylic acids is 3. The first kappa shape index (κ1) is 21.5. The topological polar surface area (TPSA) is 94.7 Å². The second-order valence-corrected chi connectivity index (χ2v) is 6.56. The molecule has 0 radical (unpaired) electrons. The van der Waals surface area contributed by atoms with E-state index in [1.54, 1.807) is 45.9 Å². The number of rotatable bonds is 8. The predicted molar refractivity (Wildman–Crippen MR) is 103 cm³/mol. The Labute approximate surface area is 167 Å². The van der Waals surface area contributed by atoms with E-state index in [2.05, 4.69) is 4.98 Å². The number of nitrogens with one attached hydrogen (secondary N) is 1. The van der Waals surface area contributed by atoms with Crippen molar-refractivity contribution in [1.29, 1.82) is 0 Å². The van der Waals surface area contributed by atoms with Crippen LogP contribution in [0.1, 0.15) is 44.6 Å². The first-order valence-electron chi connectivity index (χ1n) is 8.68. The number of aryl methyl sites for hydroxylation is 3. The summed E-state index contributed by atoms with van der Waals surface area (Å²) in [4.78, 5) is 39.5. The number of carbonyl (C=O) groups is 3. The molecule has 7 nitrogen and oxygen atoms in total. The smallest absolute Gasteiger partial charge is 0.344 e. The zero-order valence-corrected chi connectivity index (χ0v) is 16.9. The molecular weight excluding hydrogens is 386 g/mol. The molecule has 1 aromatic carbocycles. The van der Waals surface area contributed by atoms with Crippen molar-refractivity contribution in [3.63, 3.8) is 0 Å². The zero-order chi connectivity index (χ0) is 20.8. The highest BCUT2D eigenvalue weighted by atomic mass is 35.5. The Kier molecular flexibility index (Phi) is 7.23. The molecule has 0 saturated heterocycles. The van der Waals surface area contributed by atoms with Crippen LogP contribution in [0.2, 0.25) is 5.02 Å². The van der Waals surface area contributed by atoms with Crippen molar-refractivity contribution < 1.29 is 28.6 Å². The summed E-state index contributed by atoms with van der Waals surface area (Å²) in [5.74, 6) is -1.30. The number of Topliss-reactive ketones (excluding diaryl/α,β-unsaturated/α-hetero) is 1. The Hall–Kier alpha value is -2.80. The lowest BCUT2D eigenvalue weighted by Gasteiger charge is -2.10. The molecule has 1 heterocycles. The maximum absolute atomic E-state index is 12.5. The molecule has 0 amide bonds. The maximum atomic E-state index is 12.5. The van der Waals surface area contributed by atoms with Crippen LogP contribution in [0.5, 0.6) is 5.75 Å². The predicted octanol–water partition coefficient (Wildman–Crippen LogP) is 3.57. The van der Waals surface area contributed by atoms with Gasteiger partial charge in [-0.3, -0.25) is 4.79 Å². The number of esters is 2. The number of aromatic amines is 1. The molecule has 1 N–H and O–H groups in total. The quantitative estimate of drug-likeness (QED) is 0.531. The number of hydrogen-bond donors (Lipinski definition) is 1. The average Bonchev–Trinajstić information content (AvgIpc) is 2.93. The minimum Gasteiger partial charge on any atom is -0.482 e. The van der Waals surface area contributed by atoms with E-state index in [0.717, 1.165) is 5.56 Å². The number of aromatic nitrogens is 1. The number of H-pyrrole nitrogens is 1. The molecule has 0 fully saturated rings. The Morgan fingerprint density at radius 1 is 1.00 bits per heavy atom. The van der Waals surface area contributed by atoms with Crippen molar-refractivity contribution in [2.45, 2.75) is 27.7 Å². The summed E-state index contributed by atoms with van der Waals surface area (Å²) in [6, 6.07) is 5.00. The number of ether oxygens (including phenoxy) is 3. The fourth-order valence-electron chi connectivity index (χ4n) is 2.76. The van der Waals surface area contributed by atoms with Crippen LogP contribution in [0.15, 0.2) is 18.2 Å². The summed E-state index contributed by atoms with van der Waals surface area (Å²) in [5, 5.41) is 0.563. The van der Waals surface area contributed by atoms with E-state index in [4.69, 9.17) is 25.8 Å². The summed E-state index contributed by atoms with van der Waals surface area (Å²) in [6.07, 6.45) is 0. The largest absolute Gasteiger partial charge is 0.482 e. The molecule has 0 unspecified atom stereocenters. The third-order valence-electron chi connectivity index (χ3n) is 3.98. The zero-order valence-electron chi connectivity index (χ0n) is 16.2. The molecule has 1 aromatic heterocycles. The molecular formula is C20H22ClNO6. The highest BCUT2D eigenvalue weighted by molar-refractivity contribution is 6.30. The molecule has 2 aromatic rings. The van der Waals surface area contributed by atoms with Crippen molar-refractivity contribution >= 4 is 29.3 Å². The number of halogens is 1. The Bertz CT molecular complexity index is 902. The molecule has 8 heteroatoms. The van der Waals surface area contributed by atoms with E-state index >= 15 is 0 Å². The summed E-state index contributed by atoms with van der Waals surface area (Å²) in [6.45, 7) is 6.13. The van der Waals surface area contributed by atoms with E-state index in [-0.39, 0.29) is 24.3 Å². The standard InChI is InChI=1S/C20H22ClNO6/c1-5-26-20(25)19-13(4)22-12(3)18(19)15(23)9-28-17(24)10-27-16-7-6-14(21)8-11(16)2/h6-8,22H,5,9-10H2,1-4H3. The van der Waals surface area contributed by atoms with Crippen LogP contribution in [0.4, 0.5) is 0 Å². The number of hydrogen-bond acceptors (Lipinski definition) is 6. The highest BCUT2D eigenvalue weighted by Crippen LogP contribution is 2.22. The van der Waals surface area contributed by atoms with E-state index in [1.807, 2.05) is 0 Å². The van der Waals surface area contributed by atoms with Gasteiger partial charge < -0.3 is 19.2 Å². The molecule has 0 aliphatic rings. The van der Waals surface area contributed by atoms with Gasteiger partial charge in [-0.05, 0) is 51.5 Å². The normalized spacial score (nSPS) is 10.5. The van der Waals surface area contributed by atoms with Gasteiger partial charge in [0.1, 0.15) is 5.75 Å². The molecule has 0 atom stereocenters. The van der Waals surface area contributed by atoms with Gasteiger partial charge in [0, 0.05) is 16.4 Å². The first-order chi connectivity index (χ1) is 13.2.